The number of nitro groups is 1. The van der Waals surface area contributed by atoms with Crippen molar-refractivity contribution >= 4 is 11.5 Å². The van der Waals surface area contributed by atoms with E-state index in [1.165, 1.54) is 6.07 Å². The maximum Gasteiger partial charge on any atom is 0.433 e. The molecular weight excluding hydrogens is 234 g/mol. The third-order valence-electron chi connectivity index (χ3n) is 2.70. The van der Waals surface area contributed by atoms with Crippen molar-refractivity contribution in [3.8, 4) is 11.5 Å². The molecule has 0 saturated carbocycles. The highest BCUT2D eigenvalue weighted by Gasteiger charge is 2.15. The normalized spacial score (nSPS) is 10.9. The number of fused-ring (bicyclic) bond motifs is 1. The molecule has 0 fully saturated rings. The second-order valence-corrected chi connectivity index (χ2v) is 3.94. The molecule has 6 nitrogen and oxygen atoms in total. The van der Waals surface area contributed by atoms with Crippen LogP contribution in [0.2, 0.25) is 0 Å². The van der Waals surface area contributed by atoms with Crippen molar-refractivity contribution in [3.63, 3.8) is 0 Å². The third-order valence-corrected chi connectivity index (χ3v) is 2.70. The van der Waals surface area contributed by atoms with Crippen LogP contribution in [0.4, 0.5) is 5.88 Å². The van der Waals surface area contributed by atoms with E-state index in [1.807, 2.05) is 29.7 Å². The van der Waals surface area contributed by atoms with Crippen LogP contribution in [0.1, 0.15) is 5.56 Å². The van der Waals surface area contributed by atoms with Crippen molar-refractivity contribution in [2.75, 3.05) is 0 Å². The van der Waals surface area contributed by atoms with E-state index in [0.717, 1.165) is 11.2 Å². The van der Waals surface area contributed by atoms with E-state index in [2.05, 4.69) is 4.98 Å². The first-order valence-electron chi connectivity index (χ1n) is 5.34. The average Bonchev–Trinajstić information content (AvgIpc) is 2.95. The fourth-order valence-electron chi connectivity index (χ4n) is 1.84. The minimum atomic E-state index is -0.565. The highest BCUT2D eigenvalue weighted by atomic mass is 16.6. The molecule has 0 atom stereocenters. The molecule has 0 aliphatic rings. The Bertz CT molecular complexity index is 742. The van der Waals surface area contributed by atoms with Gasteiger partial charge in [0.25, 0.3) is 0 Å². The van der Waals surface area contributed by atoms with Gasteiger partial charge in [-0.25, -0.2) is 4.98 Å². The molecule has 3 heterocycles. The highest BCUT2D eigenvalue weighted by molar-refractivity contribution is 5.60. The number of aromatic nitrogens is 2. The zero-order chi connectivity index (χ0) is 12.7. The Balaban J connectivity index is 2.13. The second kappa shape index (κ2) is 3.69. The number of furan rings is 1. The number of hydrogen-bond acceptors (Lipinski definition) is 4. The number of aryl methyl sites for hydroxylation is 1. The van der Waals surface area contributed by atoms with Gasteiger partial charge in [0.1, 0.15) is 16.3 Å². The molecule has 18 heavy (non-hydrogen) atoms. The summed E-state index contributed by atoms with van der Waals surface area (Å²) >= 11 is 0. The molecule has 0 unspecified atom stereocenters. The second-order valence-electron chi connectivity index (χ2n) is 3.94. The van der Waals surface area contributed by atoms with Crippen LogP contribution < -0.4 is 0 Å². The van der Waals surface area contributed by atoms with Crippen LogP contribution in [0.15, 0.2) is 41.1 Å². The molecule has 90 valence electrons. The Labute approximate surface area is 102 Å². The van der Waals surface area contributed by atoms with E-state index in [0.29, 0.717) is 11.5 Å². The minimum absolute atomic E-state index is 0.279. The zero-order valence-electron chi connectivity index (χ0n) is 9.53. The molecule has 0 amide bonds. The van der Waals surface area contributed by atoms with Gasteiger partial charge < -0.3 is 8.82 Å². The summed E-state index contributed by atoms with van der Waals surface area (Å²) in [7, 11) is 0. The van der Waals surface area contributed by atoms with Gasteiger partial charge in [0.2, 0.25) is 0 Å². The lowest BCUT2D eigenvalue weighted by Gasteiger charge is -1.93. The molecule has 0 aliphatic heterocycles. The topological polar surface area (TPSA) is 73.6 Å². The monoisotopic (exact) mass is 243 g/mol. The molecule has 3 aromatic heterocycles. The molecule has 0 saturated heterocycles. The quantitative estimate of drug-likeness (QED) is 0.512. The van der Waals surface area contributed by atoms with Crippen molar-refractivity contribution in [1.29, 1.82) is 0 Å². The fraction of sp³-hybridized carbons (Fsp3) is 0.0833. The van der Waals surface area contributed by atoms with Gasteiger partial charge in [-0.05, 0) is 24.6 Å². The van der Waals surface area contributed by atoms with E-state index >= 15 is 0 Å². The lowest BCUT2D eigenvalue weighted by atomic mass is 10.3. The van der Waals surface area contributed by atoms with E-state index in [9.17, 15) is 10.1 Å². The van der Waals surface area contributed by atoms with Gasteiger partial charge in [-0.15, -0.1) is 0 Å². The van der Waals surface area contributed by atoms with Gasteiger partial charge in [0.05, 0.1) is 6.07 Å². The Morgan fingerprint density at radius 1 is 1.39 bits per heavy atom. The molecule has 3 aromatic rings. The van der Waals surface area contributed by atoms with Crippen LogP contribution in [0.5, 0.6) is 0 Å². The molecule has 6 heteroatoms. The summed E-state index contributed by atoms with van der Waals surface area (Å²) in [5.74, 6) is 0.114. The van der Waals surface area contributed by atoms with Crippen LogP contribution in [0.3, 0.4) is 0 Å². The van der Waals surface area contributed by atoms with Gasteiger partial charge in [-0.2, -0.15) is 0 Å². The van der Waals surface area contributed by atoms with Crippen molar-refractivity contribution in [2.24, 2.45) is 0 Å². The Kier molecular flexibility index (Phi) is 2.16. The predicted octanol–water partition coefficient (Wildman–Crippen LogP) is 2.81. The van der Waals surface area contributed by atoms with Crippen LogP contribution in [-0.4, -0.2) is 14.3 Å². The standard InChI is InChI=1S/C12H9N3O3/c1-8-3-2-6-14-7-9(13-12(8)14)10-4-5-11(18-10)15(16)17/h2-7H,1H3. The largest absolute Gasteiger partial charge is 0.433 e. The first-order valence-corrected chi connectivity index (χ1v) is 5.34. The number of nitrogens with zero attached hydrogens (tertiary/aromatic N) is 3. The predicted molar refractivity (Wildman–Crippen MR) is 64.3 cm³/mol. The summed E-state index contributed by atoms with van der Waals surface area (Å²) in [6, 6.07) is 6.75. The van der Waals surface area contributed by atoms with Crippen LogP contribution in [-0.2, 0) is 0 Å². The van der Waals surface area contributed by atoms with Crippen molar-refractivity contribution in [2.45, 2.75) is 6.92 Å². The molecule has 0 bridgehead atoms. The van der Waals surface area contributed by atoms with Gasteiger partial charge in [0, 0.05) is 12.4 Å². The number of rotatable bonds is 2. The maximum absolute atomic E-state index is 10.6. The minimum Gasteiger partial charge on any atom is -0.399 e. The highest BCUT2D eigenvalue weighted by Crippen LogP contribution is 2.26. The van der Waals surface area contributed by atoms with Gasteiger partial charge in [-0.1, -0.05) is 6.07 Å². The van der Waals surface area contributed by atoms with Crippen molar-refractivity contribution in [3.05, 3.63) is 52.3 Å². The zero-order valence-corrected chi connectivity index (χ0v) is 9.53. The smallest absolute Gasteiger partial charge is 0.399 e. The van der Waals surface area contributed by atoms with Gasteiger partial charge >= 0.3 is 5.88 Å². The summed E-state index contributed by atoms with van der Waals surface area (Å²) in [6.07, 6.45) is 3.65. The molecule has 0 aliphatic carbocycles. The Morgan fingerprint density at radius 3 is 2.89 bits per heavy atom. The molecule has 0 aromatic carbocycles. The van der Waals surface area contributed by atoms with Gasteiger partial charge in [-0.3, -0.25) is 10.1 Å². The Morgan fingerprint density at radius 2 is 2.22 bits per heavy atom. The maximum atomic E-state index is 10.6. The van der Waals surface area contributed by atoms with E-state index in [4.69, 9.17) is 4.42 Å². The van der Waals surface area contributed by atoms with Crippen LogP contribution in [0.25, 0.3) is 17.1 Å². The molecular formula is C12H9N3O3. The summed E-state index contributed by atoms with van der Waals surface area (Å²) < 4.78 is 6.99. The summed E-state index contributed by atoms with van der Waals surface area (Å²) in [5, 5.41) is 10.6. The van der Waals surface area contributed by atoms with Crippen molar-refractivity contribution in [1.82, 2.24) is 9.38 Å². The fourth-order valence-corrected chi connectivity index (χ4v) is 1.84. The lowest BCUT2D eigenvalue weighted by Crippen LogP contribution is -1.83. The summed E-state index contributed by atoms with van der Waals surface area (Å²) in [5.41, 5.74) is 2.42. The number of hydrogen-bond donors (Lipinski definition) is 0. The molecule has 0 spiro atoms. The third kappa shape index (κ3) is 1.55. The van der Waals surface area contributed by atoms with Crippen LogP contribution >= 0.6 is 0 Å². The van der Waals surface area contributed by atoms with E-state index in [1.54, 1.807) is 12.3 Å². The summed E-state index contributed by atoms with van der Waals surface area (Å²) in [6.45, 7) is 1.96. The average molecular weight is 243 g/mol. The first-order chi connectivity index (χ1) is 8.65. The number of pyridine rings is 1. The van der Waals surface area contributed by atoms with E-state index < -0.39 is 4.92 Å². The molecule has 0 radical (unpaired) electrons. The molecule has 3 rings (SSSR count). The number of imidazole rings is 1. The van der Waals surface area contributed by atoms with Gasteiger partial charge in [0.15, 0.2) is 5.76 Å². The van der Waals surface area contributed by atoms with Crippen molar-refractivity contribution < 1.29 is 9.34 Å². The Hall–Kier alpha value is -2.63. The molecule has 0 N–H and O–H groups in total. The first kappa shape index (κ1) is 10.5. The SMILES string of the molecule is Cc1cccn2cc(-c3ccc([N+](=O)[O-])o3)nc12. The lowest BCUT2D eigenvalue weighted by molar-refractivity contribution is -0.401. The summed E-state index contributed by atoms with van der Waals surface area (Å²) in [4.78, 5) is 14.4. The van der Waals surface area contributed by atoms with Crippen LogP contribution in [0, 0.1) is 17.0 Å². The van der Waals surface area contributed by atoms with E-state index in [-0.39, 0.29) is 5.88 Å².